The maximum Gasteiger partial charge on any atom is 0.249 e. The molecule has 1 amide bonds. The first-order valence-electron chi connectivity index (χ1n) is 6.29. The molecule has 0 bridgehead atoms. The summed E-state index contributed by atoms with van der Waals surface area (Å²) in [6, 6.07) is 1.88. The second kappa shape index (κ2) is 5.38. The number of nitrogens with one attached hydrogen (secondary N) is 1. The highest BCUT2D eigenvalue weighted by Crippen LogP contribution is 2.35. The second-order valence-electron chi connectivity index (χ2n) is 5.24. The first-order chi connectivity index (χ1) is 8.53. The van der Waals surface area contributed by atoms with Crippen LogP contribution in [0.1, 0.15) is 34.5 Å². The molecule has 1 heterocycles. The number of carbonyl (C=O) groups excluding carboxylic acids is 1. The summed E-state index contributed by atoms with van der Waals surface area (Å²) in [6.07, 6.45) is 3.86. The average molecular weight is 267 g/mol. The van der Waals surface area contributed by atoms with Crippen LogP contribution in [-0.2, 0) is 6.54 Å². The number of rotatable bonds is 6. The van der Waals surface area contributed by atoms with Gasteiger partial charge in [0.2, 0.25) is 5.91 Å². The van der Waals surface area contributed by atoms with E-state index in [1.807, 2.05) is 11.4 Å². The largest absolute Gasteiger partial charge is 0.366 e. The summed E-state index contributed by atoms with van der Waals surface area (Å²) in [4.78, 5) is 14.5. The van der Waals surface area contributed by atoms with Gasteiger partial charge in [-0.2, -0.15) is 0 Å². The molecule has 0 atom stereocenters. The molecule has 18 heavy (non-hydrogen) atoms. The van der Waals surface area contributed by atoms with Gasteiger partial charge in [-0.15, -0.1) is 11.3 Å². The van der Waals surface area contributed by atoms with E-state index in [9.17, 15) is 4.79 Å². The van der Waals surface area contributed by atoms with Crippen molar-refractivity contribution in [1.82, 2.24) is 10.2 Å². The van der Waals surface area contributed by atoms with E-state index in [4.69, 9.17) is 5.73 Å². The van der Waals surface area contributed by atoms with E-state index in [0.717, 1.165) is 18.0 Å². The fraction of sp³-hybridized carbons (Fsp3) is 0.615. The smallest absolute Gasteiger partial charge is 0.249 e. The lowest BCUT2D eigenvalue weighted by atomic mass is 9.75. The number of likely N-dealkylation sites (N-methyl/N-ethyl adjacent to an activating group) is 1. The summed E-state index contributed by atoms with van der Waals surface area (Å²) in [5.74, 6) is -0.346. The number of nitrogens with zero attached hydrogens (tertiary/aromatic N) is 1. The Labute approximate surface area is 112 Å². The molecular formula is C13H21N3OS. The molecule has 0 aliphatic heterocycles. The minimum atomic E-state index is -0.346. The summed E-state index contributed by atoms with van der Waals surface area (Å²) in [5.41, 5.74) is 6.19. The Morgan fingerprint density at radius 1 is 1.56 bits per heavy atom. The minimum Gasteiger partial charge on any atom is -0.366 e. The Morgan fingerprint density at radius 3 is 2.72 bits per heavy atom. The minimum absolute atomic E-state index is 0.337. The molecule has 1 aromatic rings. The van der Waals surface area contributed by atoms with Gasteiger partial charge in [0, 0.05) is 28.9 Å². The lowest BCUT2D eigenvalue weighted by molar-refractivity contribution is 0.0599. The Bertz CT molecular complexity index is 424. The first kappa shape index (κ1) is 13.5. The Balaban J connectivity index is 1.82. The van der Waals surface area contributed by atoms with Crippen LogP contribution in [0.3, 0.4) is 0 Å². The van der Waals surface area contributed by atoms with Crippen LogP contribution in [0.15, 0.2) is 11.4 Å². The van der Waals surface area contributed by atoms with Gasteiger partial charge < -0.3 is 16.0 Å². The number of primary amides is 1. The van der Waals surface area contributed by atoms with Crippen molar-refractivity contribution >= 4 is 17.2 Å². The fourth-order valence-electron chi connectivity index (χ4n) is 2.39. The van der Waals surface area contributed by atoms with Crippen LogP contribution in [0.5, 0.6) is 0 Å². The average Bonchev–Trinajstić information content (AvgIpc) is 2.70. The molecule has 0 saturated heterocycles. The van der Waals surface area contributed by atoms with Gasteiger partial charge in [-0.05, 0) is 39.4 Å². The highest BCUT2D eigenvalue weighted by atomic mass is 32.1. The summed E-state index contributed by atoms with van der Waals surface area (Å²) in [7, 11) is 4.30. The van der Waals surface area contributed by atoms with Crippen molar-refractivity contribution < 1.29 is 4.79 Å². The molecule has 4 nitrogen and oxygen atoms in total. The molecule has 2 rings (SSSR count). The van der Waals surface area contributed by atoms with E-state index in [2.05, 4.69) is 24.3 Å². The predicted molar refractivity (Wildman–Crippen MR) is 74.8 cm³/mol. The van der Waals surface area contributed by atoms with Crippen LogP contribution in [-0.4, -0.2) is 37.0 Å². The number of nitrogens with two attached hydrogens (primary N) is 1. The lowest BCUT2D eigenvalue weighted by Crippen LogP contribution is -2.56. The van der Waals surface area contributed by atoms with Crippen LogP contribution in [0.2, 0.25) is 0 Å². The van der Waals surface area contributed by atoms with Gasteiger partial charge in [-0.1, -0.05) is 0 Å². The SMILES string of the molecule is CN(C)C1(CNCc2cc(C(N)=O)cs2)CCC1. The molecule has 5 heteroatoms. The van der Waals surface area contributed by atoms with E-state index >= 15 is 0 Å². The van der Waals surface area contributed by atoms with Gasteiger partial charge in [0.1, 0.15) is 0 Å². The third kappa shape index (κ3) is 2.74. The lowest BCUT2D eigenvalue weighted by Gasteiger charge is -2.47. The van der Waals surface area contributed by atoms with E-state index in [1.54, 1.807) is 11.3 Å². The van der Waals surface area contributed by atoms with Crippen molar-refractivity contribution in [2.45, 2.75) is 31.3 Å². The zero-order chi connectivity index (χ0) is 13.2. The maximum atomic E-state index is 11.0. The molecule has 1 aliphatic rings. The van der Waals surface area contributed by atoms with Gasteiger partial charge in [-0.3, -0.25) is 4.79 Å². The standard InChI is InChI=1S/C13H21N3OS/c1-16(2)13(4-3-5-13)9-15-7-11-6-10(8-18-11)12(14)17/h6,8,15H,3-5,7,9H2,1-2H3,(H2,14,17). The van der Waals surface area contributed by atoms with Gasteiger partial charge in [-0.25, -0.2) is 0 Å². The van der Waals surface area contributed by atoms with Crippen molar-refractivity contribution in [3.8, 4) is 0 Å². The van der Waals surface area contributed by atoms with Crippen LogP contribution in [0.4, 0.5) is 0 Å². The second-order valence-corrected chi connectivity index (χ2v) is 6.24. The highest BCUT2D eigenvalue weighted by molar-refractivity contribution is 7.10. The van der Waals surface area contributed by atoms with Gasteiger partial charge >= 0.3 is 0 Å². The third-order valence-electron chi connectivity index (χ3n) is 3.92. The molecule has 0 spiro atoms. The summed E-state index contributed by atoms with van der Waals surface area (Å²) in [5, 5.41) is 5.32. The quantitative estimate of drug-likeness (QED) is 0.819. The van der Waals surface area contributed by atoms with Crippen LogP contribution in [0.25, 0.3) is 0 Å². The van der Waals surface area contributed by atoms with E-state index < -0.39 is 0 Å². The molecule has 3 N–H and O–H groups in total. The van der Waals surface area contributed by atoms with Crippen LogP contribution in [0, 0.1) is 0 Å². The van der Waals surface area contributed by atoms with Gasteiger partial charge in [0.15, 0.2) is 0 Å². The number of thiophene rings is 1. The number of hydrogen-bond donors (Lipinski definition) is 2. The maximum absolute atomic E-state index is 11.0. The summed E-state index contributed by atoms with van der Waals surface area (Å²) < 4.78 is 0. The normalized spacial score (nSPS) is 17.7. The van der Waals surface area contributed by atoms with E-state index in [-0.39, 0.29) is 5.91 Å². The van der Waals surface area contributed by atoms with Crippen molar-refractivity contribution in [3.05, 3.63) is 21.9 Å². The Morgan fingerprint density at radius 2 is 2.28 bits per heavy atom. The number of carbonyl (C=O) groups is 1. The topological polar surface area (TPSA) is 58.4 Å². The van der Waals surface area contributed by atoms with Crippen LogP contribution < -0.4 is 11.1 Å². The number of hydrogen-bond acceptors (Lipinski definition) is 4. The highest BCUT2D eigenvalue weighted by Gasteiger charge is 2.38. The monoisotopic (exact) mass is 267 g/mol. The molecule has 0 unspecified atom stereocenters. The molecular weight excluding hydrogens is 246 g/mol. The van der Waals surface area contributed by atoms with Crippen molar-refractivity contribution in [3.63, 3.8) is 0 Å². The van der Waals surface area contributed by atoms with Crippen molar-refractivity contribution in [2.75, 3.05) is 20.6 Å². The predicted octanol–water partition coefficient (Wildman–Crippen LogP) is 1.42. The van der Waals surface area contributed by atoms with Gasteiger partial charge in [0.25, 0.3) is 0 Å². The summed E-state index contributed by atoms with van der Waals surface area (Å²) in [6.45, 7) is 1.82. The van der Waals surface area contributed by atoms with E-state index in [1.165, 1.54) is 19.3 Å². The van der Waals surface area contributed by atoms with Crippen molar-refractivity contribution in [2.24, 2.45) is 5.73 Å². The zero-order valence-corrected chi connectivity index (χ0v) is 11.8. The molecule has 1 aromatic heterocycles. The first-order valence-corrected chi connectivity index (χ1v) is 7.17. The fourth-order valence-corrected chi connectivity index (χ4v) is 3.23. The van der Waals surface area contributed by atoms with Crippen molar-refractivity contribution in [1.29, 1.82) is 0 Å². The third-order valence-corrected chi connectivity index (χ3v) is 4.86. The Hall–Kier alpha value is -0.910. The molecule has 1 fully saturated rings. The number of amides is 1. The van der Waals surface area contributed by atoms with E-state index in [0.29, 0.717) is 11.1 Å². The molecule has 0 aromatic carbocycles. The molecule has 1 aliphatic carbocycles. The molecule has 0 radical (unpaired) electrons. The zero-order valence-electron chi connectivity index (χ0n) is 11.0. The van der Waals surface area contributed by atoms with Gasteiger partial charge in [0.05, 0.1) is 5.56 Å². The van der Waals surface area contributed by atoms with Crippen LogP contribution >= 0.6 is 11.3 Å². The molecule has 100 valence electrons. The molecule has 1 saturated carbocycles. The Kier molecular flexibility index (Phi) is 4.04. The summed E-state index contributed by atoms with van der Waals surface area (Å²) >= 11 is 1.59.